The zero-order valence-corrected chi connectivity index (χ0v) is 11.5. The maximum atomic E-state index is 12.7. The van der Waals surface area contributed by atoms with Crippen LogP contribution in [0.25, 0.3) is 0 Å². The lowest BCUT2D eigenvalue weighted by Gasteiger charge is -2.30. The summed E-state index contributed by atoms with van der Waals surface area (Å²) in [6, 6.07) is 9.91. The van der Waals surface area contributed by atoms with Crippen molar-refractivity contribution >= 4 is 11.8 Å². The first-order valence-corrected chi connectivity index (χ1v) is 7.36. The van der Waals surface area contributed by atoms with E-state index in [1.165, 1.54) is 0 Å². The summed E-state index contributed by atoms with van der Waals surface area (Å²) in [5.41, 5.74) is 1.07. The molecule has 1 saturated heterocycles. The predicted octanol–water partition coefficient (Wildman–Crippen LogP) is 1.70. The van der Waals surface area contributed by atoms with Gasteiger partial charge < -0.3 is 10.2 Å². The third kappa shape index (κ3) is 2.69. The molecule has 1 N–H and O–H groups in total. The molecule has 1 aromatic carbocycles. The van der Waals surface area contributed by atoms with Crippen LogP contribution in [0.4, 0.5) is 0 Å². The summed E-state index contributed by atoms with van der Waals surface area (Å²) < 4.78 is 0. The van der Waals surface area contributed by atoms with Crippen molar-refractivity contribution in [1.29, 1.82) is 0 Å². The van der Waals surface area contributed by atoms with E-state index in [2.05, 4.69) is 5.32 Å². The average Bonchev–Trinajstić information content (AvgIpc) is 2.58. The molecular formula is C16H20N2O2. The van der Waals surface area contributed by atoms with Gasteiger partial charge in [-0.2, -0.15) is 0 Å². The molecule has 1 aromatic rings. The quantitative estimate of drug-likeness (QED) is 0.891. The number of carbonyl (C=O) groups is 2. The molecule has 2 amide bonds. The van der Waals surface area contributed by atoms with E-state index in [9.17, 15) is 9.59 Å². The molecule has 2 aliphatic rings. The number of benzene rings is 1. The maximum Gasteiger partial charge on any atom is 0.239 e. The van der Waals surface area contributed by atoms with Gasteiger partial charge >= 0.3 is 0 Å². The van der Waals surface area contributed by atoms with Gasteiger partial charge in [0.2, 0.25) is 11.8 Å². The van der Waals surface area contributed by atoms with Gasteiger partial charge in [0.05, 0.1) is 12.5 Å². The summed E-state index contributed by atoms with van der Waals surface area (Å²) in [4.78, 5) is 26.4. The van der Waals surface area contributed by atoms with Gasteiger partial charge in [-0.1, -0.05) is 43.2 Å². The Balaban J connectivity index is 1.79. The number of hydrogen-bond acceptors (Lipinski definition) is 2. The Morgan fingerprint density at radius 1 is 1.10 bits per heavy atom. The maximum absolute atomic E-state index is 12.7. The van der Waals surface area contributed by atoms with Crippen LogP contribution in [-0.4, -0.2) is 29.3 Å². The number of carbonyl (C=O) groups excluding carboxylic acids is 2. The molecule has 1 saturated carbocycles. The molecular weight excluding hydrogens is 252 g/mol. The lowest BCUT2D eigenvalue weighted by Crippen LogP contribution is -2.43. The normalized spacial score (nSPS) is 26.7. The van der Waals surface area contributed by atoms with Crippen LogP contribution in [0.15, 0.2) is 30.3 Å². The molecule has 3 rings (SSSR count). The Hall–Kier alpha value is -1.84. The molecule has 2 atom stereocenters. The third-order valence-electron chi connectivity index (χ3n) is 4.29. The zero-order valence-electron chi connectivity index (χ0n) is 11.5. The van der Waals surface area contributed by atoms with E-state index in [1.807, 2.05) is 30.3 Å². The Labute approximate surface area is 119 Å². The van der Waals surface area contributed by atoms with E-state index in [-0.39, 0.29) is 30.3 Å². The predicted molar refractivity (Wildman–Crippen MR) is 75.7 cm³/mol. The van der Waals surface area contributed by atoms with Gasteiger partial charge in [0.1, 0.15) is 0 Å². The van der Waals surface area contributed by atoms with E-state index in [4.69, 9.17) is 0 Å². The second kappa shape index (κ2) is 5.65. The third-order valence-corrected chi connectivity index (χ3v) is 4.29. The highest BCUT2D eigenvalue weighted by Crippen LogP contribution is 2.28. The molecule has 0 radical (unpaired) electrons. The van der Waals surface area contributed by atoms with Crippen LogP contribution in [0.3, 0.4) is 0 Å². The minimum Gasteiger partial charge on any atom is -0.351 e. The molecule has 1 heterocycles. The minimum absolute atomic E-state index is 0.0244. The average molecular weight is 272 g/mol. The van der Waals surface area contributed by atoms with Gasteiger partial charge in [-0.3, -0.25) is 9.59 Å². The number of amides is 2. The van der Waals surface area contributed by atoms with Gasteiger partial charge in [0.25, 0.3) is 0 Å². The van der Waals surface area contributed by atoms with E-state index < -0.39 is 0 Å². The zero-order chi connectivity index (χ0) is 13.9. The van der Waals surface area contributed by atoms with Crippen LogP contribution in [0.5, 0.6) is 0 Å². The van der Waals surface area contributed by atoms with Gasteiger partial charge in [-0.15, -0.1) is 0 Å². The van der Waals surface area contributed by atoms with Crippen molar-refractivity contribution in [2.75, 3.05) is 6.54 Å². The van der Waals surface area contributed by atoms with E-state index >= 15 is 0 Å². The number of nitrogens with zero attached hydrogens (tertiary/aromatic N) is 1. The Morgan fingerprint density at radius 2 is 1.85 bits per heavy atom. The fourth-order valence-electron chi connectivity index (χ4n) is 3.28. The lowest BCUT2D eigenvalue weighted by atomic mass is 9.84. The van der Waals surface area contributed by atoms with Crippen molar-refractivity contribution in [3.05, 3.63) is 35.9 Å². The first kappa shape index (κ1) is 13.2. The smallest absolute Gasteiger partial charge is 0.239 e. The van der Waals surface area contributed by atoms with Crippen molar-refractivity contribution in [2.45, 2.75) is 38.3 Å². The standard InChI is InChI=1S/C16H20N2O2/c19-15-11-18(10-12-6-2-1-3-7-12)16(20)13-8-4-5-9-14(13)17-15/h1-3,6-7,13-14H,4-5,8-11H2,(H,17,19)/t13-,14+/m1/s1. The molecule has 1 aliphatic heterocycles. The number of fused-ring (bicyclic) bond motifs is 1. The van der Waals surface area contributed by atoms with E-state index in [1.54, 1.807) is 4.90 Å². The first-order valence-electron chi connectivity index (χ1n) is 7.36. The van der Waals surface area contributed by atoms with E-state index in [0.29, 0.717) is 6.54 Å². The highest BCUT2D eigenvalue weighted by molar-refractivity contribution is 5.89. The lowest BCUT2D eigenvalue weighted by molar-refractivity contribution is -0.138. The van der Waals surface area contributed by atoms with Crippen molar-refractivity contribution in [2.24, 2.45) is 5.92 Å². The molecule has 20 heavy (non-hydrogen) atoms. The molecule has 0 aromatic heterocycles. The summed E-state index contributed by atoms with van der Waals surface area (Å²) in [7, 11) is 0. The first-order chi connectivity index (χ1) is 9.74. The highest BCUT2D eigenvalue weighted by atomic mass is 16.2. The Morgan fingerprint density at radius 3 is 2.65 bits per heavy atom. The molecule has 0 bridgehead atoms. The van der Waals surface area contributed by atoms with E-state index in [0.717, 1.165) is 31.2 Å². The fraction of sp³-hybridized carbons (Fsp3) is 0.500. The molecule has 4 nitrogen and oxygen atoms in total. The Kier molecular flexibility index (Phi) is 3.72. The summed E-state index contributed by atoms with van der Waals surface area (Å²) in [5.74, 6) is 0.0829. The van der Waals surface area contributed by atoms with Crippen LogP contribution in [0.1, 0.15) is 31.2 Å². The van der Waals surface area contributed by atoms with Crippen LogP contribution < -0.4 is 5.32 Å². The second-order valence-electron chi connectivity index (χ2n) is 5.74. The van der Waals surface area contributed by atoms with Gasteiger partial charge in [-0.25, -0.2) is 0 Å². The second-order valence-corrected chi connectivity index (χ2v) is 5.74. The van der Waals surface area contributed by atoms with Crippen molar-refractivity contribution in [1.82, 2.24) is 10.2 Å². The van der Waals surface area contributed by atoms with Gasteiger partial charge in [0.15, 0.2) is 0 Å². The van der Waals surface area contributed by atoms with Crippen LogP contribution in [0, 0.1) is 5.92 Å². The van der Waals surface area contributed by atoms with Crippen molar-refractivity contribution in [3.63, 3.8) is 0 Å². The highest BCUT2D eigenvalue weighted by Gasteiger charge is 2.38. The van der Waals surface area contributed by atoms with Crippen LogP contribution >= 0.6 is 0 Å². The molecule has 2 fully saturated rings. The summed E-state index contributed by atoms with van der Waals surface area (Å²) in [6.07, 6.45) is 4.02. The summed E-state index contributed by atoms with van der Waals surface area (Å²) in [6.45, 7) is 0.705. The largest absolute Gasteiger partial charge is 0.351 e. The van der Waals surface area contributed by atoms with Crippen molar-refractivity contribution < 1.29 is 9.59 Å². The van der Waals surface area contributed by atoms with Crippen molar-refractivity contribution in [3.8, 4) is 0 Å². The topological polar surface area (TPSA) is 49.4 Å². The fourth-order valence-corrected chi connectivity index (χ4v) is 3.28. The van der Waals surface area contributed by atoms with Gasteiger partial charge in [0, 0.05) is 12.6 Å². The molecule has 0 spiro atoms. The van der Waals surface area contributed by atoms with Crippen LogP contribution in [0.2, 0.25) is 0 Å². The summed E-state index contributed by atoms with van der Waals surface area (Å²) >= 11 is 0. The van der Waals surface area contributed by atoms with Gasteiger partial charge in [-0.05, 0) is 18.4 Å². The molecule has 1 aliphatic carbocycles. The monoisotopic (exact) mass is 272 g/mol. The molecule has 0 unspecified atom stereocenters. The number of rotatable bonds is 2. The minimum atomic E-state index is -0.0288. The number of hydrogen-bond donors (Lipinski definition) is 1. The molecule has 106 valence electrons. The summed E-state index contributed by atoms with van der Waals surface area (Å²) in [5, 5.41) is 3.03. The van der Waals surface area contributed by atoms with Crippen LogP contribution in [-0.2, 0) is 16.1 Å². The SMILES string of the molecule is O=C1CN(Cc2ccccc2)C(=O)[C@@H]2CCCC[C@@H]2N1. The number of nitrogens with one attached hydrogen (secondary N) is 1. The Bertz CT molecular complexity index is 500. The molecule has 4 heteroatoms.